The molecule has 0 aliphatic carbocycles. The minimum absolute atomic E-state index is 0.187. The lowest BCUT2D eigenvalue weighted by Gasteiger charge is -2.07. The van der Waals surface area contributed by atoms with Crippen LogP contribution in [0.2, 0.25) is 0 Å². The van der Waals surface area contributed by atoms with Crippen LogP contribution in [0.5, 0.6) is 5.75 Å². The molecule has 0 unspecified atom stereocenters. The summed E-state index contributed by atoms with van der Waals surface area (Å²) in [6.07, 6.45) is 11.6. The summed E-state index contributed by atoms with van der Waals surface area (Å²) < 4.78 is 33.3. The molecule has 0 N–H and O–H groups in total. The number of thiophene rings is 1. The average molecular weight is 481 g/mol. The fraction of sp³-hybridized carbons (Fsp3) is 0.357. The van der Waals surface area contributed by atoms with Gasteiger partial charge in [0.1, 0.15) is 10.6 Å². The molecule has 0 saturated carbocycles. The predicted octanol–water partition coefficient (Wildman–Crippen LogP) is 8.51. The summed E-state index contributed by atoms with van der Waals surface area (Å²) >= 11 is 1.70. The summed E-state index contributed by atoms with van der Waals surface area (Å²) in [5.74, 6) is 0.320. The van der Waals surface area contributed by atoms with E-state index >= 15 is 0 Å². The fourth-order valence-corrected chi connectivity index (χ4v) is 6.25. The zero-order valence-electron chi connectivity index (χ0n) is 19.3. The van der Waals surface area contributed by atoms with Crippen LogP contribution in [-0.2, 0) is 16.5 Å². The maximum absolute atomic E-state index is 12.8. The number of benzene rings is 3. The van der Waals surface area contributed by atoms with E-state index in [4.69, 9.17) is 4.18 Å². The molecule has 174 valence electrons. The van der Waals surface area contributed by atoms with Crippen LogP contribution in [0, 0.1) is 0 Å². The van der Waals surface area contributed by atoms with Crippen molar-refractivity contribution in [1.29, 1.82) is 0 Å². The molecule has 3 aromatic carbocycles. The summed E-state index contributed by atoms with van der Waals surface area (Å²) in [6, 6.07) is 20.6. The summed E-state index contributed by atoms with van der Waals surface area (Å²) in [7, 11) is -3.89. The zero-order valence-corrected chi connectivity index (χ0v) is 20.9. The Labute approximate surface area is 201 Å². The van der Waals surface area contributed by atoms with Crippen molar-refractivity contribution in [3.8, 4) is 5.75 Å². The van der Waals surface area contributed by atoms with Gasteiger partial charge in [-0.3, -0.25) is 0 Å². The molecule has 0 fully saturated rings. The van der Waals surface area contributed by atoms with Crippen LogP contribution in [0.25, 0.3) is 20.2 Å². The molecule has 4 rings (SSSR count). The number of rotatable bonds is 12. The van der Waals surface area contributed by atoms with Crippen LogP contribution >= 0.6 is 11.3 Å². The first kappa shape index (κ1) is 23.8. The molecule has 33 heavy (non-hydrogen) atoms. The number of fused-ring (bicyclic) bond motifs is 3. The lowest BCUT2D eigenvalue weighted by molar-refractivity contribution is 0.486. The minimum atomic E-state index is -3.89. The van der Waals surface area contributed by atoms with Gasteiger partial charge in [-0.25, -0.2) is 0 Å². The molecule has 0 aliphatic rings. The van der Waals surface area contributed by atoms with E-state index in [1.807, 2.05) is 12.1 Å². The van der Waals surface area contributed by atoms with Crippen molar-refractivity contribution in [3.05, 3.63) is 72.3 Å². The molecule has 1 aromatic heterocycles. The largest absolute Gasteiger partial charge is 0.379 e. The van der Waals surface area contributed by atoms with Crippen LogP contribution in [0.1, 0.15) is 63.9 Å². The molecule has 0 aliphatic heterocycles. The van der Waals surface area contributed by atoms with Gasteiger partial charge in [0, 0.05) is 20.2 Å². The summed E-state index contributed by atoms with van der Waals surface area (Å²) in [4.78, 5) is 0.187. The number of hydrogen-bond donors (Lipinski definition) is 0. The van der Waals surface area contributed by atoms with Crippen molar-refractivity contribution in [3.63, 3.8) is 0 Å². The van der Waals surface area contributed by atoms with Gasteiger partial charge >= 0.3 is 10.1 Å². The molecule has 0 saturated heterocycles. The standard InChI is InChI=1S/C28H32O3S2/c1-2-3-4-5-6-7-8-10-13-22-16-18-27-25(20-22)26-21-24(17-19-28(26)32-27)33(29,30)31-23-14-11-9-12-15-23/h9,11-12,14-21H,2-8,10,13H2,1H3. The maximum atomic E-state index is 12.8. The van der Waals surface area contributed by atoms with E-state index < -0.39 is 10.1 Å². The summed E-state index contributed by atoms with van der Waals surface area (Å²) in [5.41, 5.74) is 1.32. The molecule has 1 heterocycles. The van der Waals surface area contributed by atoms with Crippen molar-refractivity contribution >= 4 is 41.6 Å². The third-order valence-corrected chi connectivity index (χ3v) is 8.46. The molecular formula is C28H32O3S2. The topological polar surface area (TPSA) is 43.4 Å². The van der Waals surface area contributed by atoms with Gasteiger partial charge in [0.05, 0.1) is 0 Å². The molecule has 0 atom stereocenters. The second-order valence-corrected chi connectivity index (χ2v) is 11.3. The van der Waals surface area contributed by atoms with Gasteiger partial charge in [0.25, 0.3) is 0 Å². The molecule has 0 radical (unpaired) electrons. The summed E-state index contributed by atoms with van der Waals surface area (Å²) in [6.45, 7) is 2.26. The van der Waals surface area contributed by atoms with Gasteiger partial charge < -0.3 is 4.18 Å². The average Bonchev–Trinajstić information content (AvgIpc) is 3.18. The van der Waals surface area contributed by atoms with E-state index in [1.54, 1.807) is 47.7 Å². The van der Waals surface area contributed by atoms with Gasteiger partial charge in [0.2, 0.25) is 0 Å². The van der Waals surface area contributed by atoms with Crippen molar-refractivity contribution in [2.24, 2.45) is 0 Å². The second-order valence-electron chi connectivity index (χ2n) is 8.67. The normalized spacial score (nSPS) is 11.9. The van der Waals surface area contributed by atoms with Crippen LogP contribution in [0.15, 0.2) is 71.6 Å². The highest BCUT2D eigenvalue weighted by Gasteiger charge is 2.18. The second kappa shape index (κ2) is 11.2. The van der Waals surface area contributed by atoms with Crippen LogP contribution in [0.3, 0.4) is 0 Å². The molecule has 0 bridgehead atoms. The molecular weight excluding hydrogens is 448 g/mol. The maximum Gasteiger partial charge on any atom is 0.339 e. The Kier molecular flexibility index (Phi) is 8.05. The van der Waals surface area contributed by atoms with Crippen LogP contribution in [-0.4, -0.2) is 8.42 Å². The van der Waals surface area contributed by atoms with E-state index in [0.29, 0.717) is 5.75 Å². The van der Waals surface area contributed by atoms with Crippen LogP contribution in [0.4, 0.5) is 0 Å². The Morgan fingerprint density at radius 2 is 1.36 bits per heavy atom. The Balaban J connectivity index is 1.47. The van der Waals surface area contributed by atoms with E-state index in [0.717, 1.165) is 21.9 Å². The molecule has 4 aromatic rings. The Morgan fingerprint density at radius 3 is 2.09 bits per heavy atom. The number of unbranched alkanes of at least 4 members (excludes halogenated alkanes) is 7. The van der Waals surface area contributed by atoms with Gasteiger partial charge in [-0.05, 0) is 60.9 Å². The van der Waals surface area contributed by atoms with Crippen molar-refractivity contribution in [1.82, 2.24) is 0 Å². The molecule has 5 heteroatoms. The first-order chi connectivity index (χ1) is 16.1. The zero-order chi connectivity index (χ0) is 23.1. The third kappa shape index (κ3) is 6.15. The number of para-hydroxylation sites is 1. The highest BCUT2D eigenvalue weighted by Crippen LogP contribution is 2.36. The van der Waals surface area contributed by atoms with Crippen molar-refractivity contribution in [2.75, 3.05) is 0 Å². The predicted molar refractivity (Wildman–Crippen MR) is 140 cm³/mol. The van der Waals surface area contributed by atoms with E-state index in [2.05, 4.69) is 25.1 Å². The first-order valence-corrected chi connectivity index (χ1v) is 14.2. The van der Waals surface area contributed by atoms with E-state index in [9.17, 15) is 8.42 Å². The van der Waals surface area contributed by atoms with Gasteiger partial charge in [0.15, 0.2) is 0 Å². The Morgan fingerprint density at radius 1 is 0.727 bits per heavy atom. The third-order valence-electron chi connectivity index (χ3n) is 6.06. The van der Waals surface area contributed by atoms with Crippen molar-refractivity contribution < 1.29 is 12.6 Å². The first-order valence-electron chi connectivity index (χ1n) is 12.0. The SMILES string of the molecule is CCCCCCCCCCc1ccc2sc3ccc(S(=O)(=O)Oc4ccccc4)cc3c2c1. The lowest BCUT2D eigenvalue weighted by atomic mass is 10.0. The van der Waals surface area contributed by atoms with Gasteiger partial charge in [-0.1, -0.05) is 76.1 Å². The van der Waals surface area contributed by atoms with Crippen LogP contribution < -0.4 is 4.18 Å². The monoisotopic (exact) mass is 480 g/mol. The summed E-state index contributed by atoms with van der Waals surface area (Å²) in [5, 5.41) is 2.11. The number of aryl methyl sites for hydroxylation is 1. The van der Waals surface area contributed by atoms with Gasteiger partial charge in [-0.2, -0.15) is 8.42 Å². The number of hydrogen-bond acceptors (Lipinski definition) is 4. The smallest absolute Gasteiger partial charge is 0.339 e. The lowest BCUT2D eigenvalue weighted by Crippen LogP contribution is -2.09. The van der Waals surface area contributed by atoms with Gasteiger partial charge in [-0.15, -0.1) is 11.3 Å². The Hall–Kier alpha value is -2.37. The highest BCUT2D eigenvalue weighted by atomic mass is 32.2. The quantitative estimate of drug-likeness (QED) is 0.151. The Bertz CT molecular complexity index is 1290. The van der Waals surface area contributed by atoms with Crippen molar-refractivity contribution in [2.45, 2.75) is 69.6 Å². The molecule has 0 amide bonds. The van der Waals surface area contributed by atoms with E-state index in [1.165, 1.54) is 61.6 Å². The fourth-order valence-electron chi connectivity index (χ4n) is 4.23. The van der Waals surface area contributed by atoms with E-state index in [-0.39, 0.29) is 4.90 Å². The molecule has 0 spiro atoms. The molecule has 3 nitrogen and oxygen atoms in total. The minimum Gasteiger partial charge on any atom is -0.379 e. The highest BCUT2D eigenvalue weighted by molar-refractivity contribution is 7.87.